The number of aromatic nitrogens is 2. The number of nitrogens with one attached hydrogen (secondary N) is 2. The fraction of sp³-hybridized carbons (Fsp3) is 0.529. The number of carbonyl (C=O) groups is 1. The van der Waals surface area contributed by atoms with Crippen LogP contribution in [0, 0.1) is 6.92 Å². The molecule has 4 N–H and O–H groups in total. The molecular formula is C17H28Cl2N4O. The highest BCUT2D eigenvalue weighted by Gasteiger charge is 2.26. The number of imidazole rings is 1. The van der Waals surface area contributed by atoms with Crippen LogP contribution in [-0.2, 0) is 11.2 Å². The zero-order valence-electron chi connectivity index (χ0n) is 14.5. The lowest BCUT2D eigenvalue weighted by molar-refractivity contribution is -0.123. The number of hydrogen-bond donors (Lipinski definition) is 3. The number of para-hydroxylation sites is 1. The third-order valence-corrected chi connectivity index (χ3v) is 4.50. The van der Waals surface area contributed by atoms with Gasteiger partial charge in [0.25, 0.3) is 0 Å². The van der Waals surface area contributed by atoms with Crippen molar-refractivity contribution < 1.29 is 4.79 Å². The second-order valence-corrected chi connectivity index (χ2v) is 5.89. The predicted octanol–water partition coefficient (Wildman–Crippen LogP) is 3.28. The van der Waals surface area contributed by atoms with Gasteiger partial charge in [0.15, 0.2) is 0 Å². The van der Waals surface area contributed by atoms with Gasteiger partial charge in [-0.15, -0.1) is 24.8 Å². The van der Waals surface area contributed by atoms with Crippen molar-refractivity contribution in [3.05, 3.63) is 29.6 Å². The molecule has 7 heteroatoms. The zero-order valence-corrected chi connectivity index (χ0v) is 16.1. The largest absolute Gasteiger partial charge is 0.349 e. The molecular weight excluding hydrogens is 347 g/mol. The molecule has 0 saturated heterocycles. The van der Waals surface area contributed by atoms with Crippen molar-refractivity contribution in [3.63, 3.8) is 0 Å². The van der Waals surface area contributed by atoms with E-state index in [2.05, 4.69) is 29.1 Å². The molecule has 24 heavy (non-hydrogen) atoms. The van der Waals surface area contributed by atoms with E-state index >= 15 is 0 Å². The molecule has 1 amide bonds. The van der Waals surface area contributed by atoms with Gasteiger partial charge in [-0.25, -0.2) is 4.98 Å². The van der Waals surface area contributed by atoms with E-state index in [0.29, 0.717) is 19.4 Å². The molecule has 1 heterocycles. The number of rotatable bonds is 7. The molecule has 0 atom stereocenters. The normalized spacial score (nSPS) is 10.8. The Balaban J connectivity index is 0.00000264. The monoisotopic (exact) mass is 374 g/mol. The molecule has 2 aromatic rings. The Morgan fingerprint density at radius 1 is 1.29 bits per heavy atom. The van der Waals surface area contributed by atoms with Crippen LogP contribution in [0.15, 0.2) is 18.2 Å². The molecule has 2 rings (SSSR count). The highest BCUT2D eigenvalue weighted by molar-refractivity contribution is 5.85. The number of nitrogens with zero attached hydrogens (tertiary/aromatic N) is 1. The summed E-state index contributed by atoms with van der Waals surface area (Å²) in [6, 6.07) is 6.05. The number of benzene rings is 1. The quantitative estimate of drug-likeness (QED) is 0.694. The predicted molar refractivity (Wildman–Crippen MR) is 104 cm³/mol. The third-order valence-electron chi connectivity index (χ3n) is 4.50. The molecule has 0 aliphatic carbocycles. The van der Waals surface area contributed by atoms with E-state index in [4.69, 9.17) is 5.73 Å². The summed E-state index contributed by atoms with van der Waals surface area (Å²) in [5.41, 5.74) is 8.69. The minimum atomic E-state index is -0.276. The summed E-state index contributed by atoms with van der Waals surface area (Å²) in [5.74, 6) is 0.886. The van der Waals surface area contributed by atoms with Gasteiger partial charge in [-0.05, 0) is 31.4 Å². The van der Waals surface area contributed by atoms with Gasteiger partial charge in [-0.1, -0.05) is 26.0 Å². The Bertz CT molecular complexity index is 645. The summed E-state index contributed by atoms with van der Waals surface area (Å²) in [6.07, 6.45) is 2.71. The summed E-state index contributed by atoms with van der Waals surface area (Å²) < 4.78 is 0. The van der Waals surface area contributed by atoms with Crippen molar-refractivity contribution in [3.8, 4) is 0 Å². The molecule has 0 aliphatic heterocycles. The maximum absolute atomic E-state index is 12.2. The van der Waals surface area contributed by atoms with Gasteiger partial charge in [0.2, 0.25) is 5.91 Å². The van der Waals surface area contributed by atoms with Gasteiger partial charge in [0.1, 0.15) is 5.82 Å². The lowest BCUT2D eigenvalue weighted by atomic mass is 9.92. The van der Waals surface area contributed by atoms with Gasteiger partial charge < -0.3 is 16.0 Å². The van der Waals surface area contributed by atoms with Crippen LogP contribution >= 0.6 is 24.8 Å². The second-order valence-electron chi connectivity index (χ2n) is 5.89. The molecule has 0 radical (unpaired) electrons. The molecule has 0 unspecified atom stereocenters. The summed E-state index contributed by atoms with van der Waals surface area (Å²) in [4.78, 5) is 20.0. The maximum Gasteiger partial charge on any atom is 0.220 e. The highest BCUT2D eigenvalue weighted by atomic mass is 35.5. The Kier molecular flexibility index (Phi) is 9.33. The van der Waals surface area contributed by atoms with Crippen LogP contribution in [0.2, 0.25) is 0 Å². The number of H-pyrrole nitrogens is 1. The number of halogens is 2. The van der Waals surface area contributed by atoms with Gasteiger partial charge >= 0.3 is 0 Å². The summed E-state index contributed by atoms with van der Waals surface area (Å²) in [7, 11) is 0. The molecule has 5 nitrogen and oxygen atoms in total. The van der Waals surface area contributed by atoms with Crippen LogP contribution in [0.1, 0.15) is 44.5 Å². The highest BCUT2D eigenvalue weighted by Crippen LogP contribution is 2.17. The third kappa shape index (κ3) is 5.10. The Labute approximate surface area is 156 Å². The number of aryl methyl sites for hydroxylation is 2. The second kappa shape index (κ2) is 9.87. The SMILES string of the molecule is CCC(CC)(CN)NC(=O)CCc1nc2c(C)cccc2[nH]1.Cl.Cl. The van der Waals surface area contributed by atoms with Crippen LogP contribution in [0.4, 0.5) is 0 Å². The number of aromatic amines is 1. The van der Waals surface area contributed by atoms with E-state index in [9.17, 15) is 4.79 Å². The maximum atomic E-state index is 12.2. The molecule has 0 aliphatic rings. The average Bonchev–Trinajstić information content (AvgIpc) is 2.95. The molecule has 1 aromatic heterocycles. The van der Waals surface area contributed by atoms with Crippen molar-refractivity contribution in [2.45, 2.75) is 52.0 Å². The van der Waals surface area contributed by atoms with Crippen molar-refractivity contribution in [1.29, 1.82) is 0 Å². The van der Waals surface area contributed by atoms with E-state index in [1.807, 2.05) is 25.1 Å². The van der Waals surface area contributed by atoms with E-state index in [0.717, 1.165) is 35.3 Å². The molecule has 0 saturated carbocycles. The number of nitrogens with two attached hydrogens (primary N) is 1. The molecule has 0 fully saturated rings. The zero-order chi connectivity index (χ0) is 16.2. The first-order valence-electron chi connectivity index (χ1n) is 7.99. The van der Waals surface area contributed by atoms with Gasteiger partial charge in [0, 0.05) is 19.4 Å². The van der Waals surface area contributed by atoms with Crippen molar-refractivity contribution in [1.82, 2.24) is 15.3 Å². The first-order valence-corrected chi connectivity index (χ1v) is 7.99. The van der Waals surface area contributed by atoms with Crippen molar-refractivity contribution in [2.24, 2.45) is 5.73 Å². The van der Waals surface area contributed by atoms with Crippen LogP contribution in [-0.4, -0.2) is 28.0 Å². The summed E-state index contributed by atoms with van der Waals surface area (Å²) in [5, 5.41) is 3.09. The van der Waals surface area contributed by atoms with Crippen LogP contribution in [0.3, 0.4) is 0 Å². The first-order chi connectivity index (χ1) is 10.5. The van der Waals surface area contributed by atoms with E-state index in [1.54, 1.807) is 0 Å². The van der Waals surface area contributed by atoms with Gasteiger partial charge in [0.05, 0.1) is 16.6 Å². The lowest BCUT2D eigenvalue weighted by Gasteiger charge is -2.31. The van der Waals surface area contributed by atoms with Crippen molar-refractivity contribution in [2.75, 3.05) is 6.54 Å². The fourth-order valence-electron chi connectivity index (χ4n) is 2.70. The Hall–Kier alpha value is -1.30. The Morgan fingerprint density at radius 3 is 2.50 bits per heavy atom. The molecule has 1 aromatic carbocycles. The van der Waals surface area contributed by atoms with Gasteiger partial charge in [-0.3, -0.25) is 4.79 Å². The standard InChI is InChI=1S/C17H26N4O.2ClH/c1-4-17(5-2,11-18)21-15(22)10-9-14-19-13-8-6-7-12(3)16(13)20-14;;/h6-8H,4-5,9-11,18H2,1-3H3,(H,19,20)(H,21,22);2*1H. The smallest absolute Gasteiger partial charge is 0.220 e. The van der Waals surface area contributed by atoms with E-state index in [-0.39, 0.29) is 36.3 Å². The van der Waals surface area contributed by atoms with E-state index < -0.39 is 0 Å². The summed E-state index contributed by atoms with van der Waals surface area (Å²) >= 11 is 0. The Morgan fingerprint density at radius 2 is 1.96 bits per heavy atom. The molecule has 136 valence electrons. The fourth-order valence-corrected chi connectivity index (χ4v) is 2.70. The van der Waals surface area contributed by atoms with Crippen LogP contribution in [0.5, 0.6) is 0 Å². The van der Waals surface area contributed by atoms with Crippen molar-refractivity contribution >= 4 is 41.8 Å². The number of fused-ring (bicyclic) bond motifs is 1. The molecule has 0 spiro atoms. The number of amides is 1. The topological polar surface area (TPSA) is 83.8 Å². The molecule has 0 bridgehead atoms. The van der Waals surface area contributed by atoms with Crippen LogP contribution < -0.4 is 11.1 Å². The average molecular weight is 375 g/mol. The van der Waals surface area contributed by atoms with Gasteiger partial charge in [-0.2, -0.15) is 0 Å². The number of hydrogen-bond acceptors (Lipinski definition) is 3. The number of carbonyl (C=O) groups excluding carboxylic acids is 1. The van der Waals surface area contributed by atoms with E-state index in [1.165, 1.54) is 0 Å². The first kappa shape index (κ1) is 22.7. The van der Waals surface area contributed by atoms with Crippen LogP contribution in [0.25, 0.3) is 11.0 Å². The lowest BCUT2D eigenvalue weighted by Crippen LogP contribution is -2.52. The summed E-state index contributed by atoms with van der Waals surface area (Å²) in [6.45, 7) is 6.62. The minimum absolute atomic E-state index is 0. The minimum Gasteiger partial charge on any atom is -0.349 e.